The Kier molecular flexibility index (Phi) is 8.39. The second kappa shape index (κ2) is 12.5. The van der Waals surface area contributed by atoms with Crippen LogP contribution < -0.4 is 9.64 Å². The molecule has 1 aromatic heterocycles. The van der Waals surface area contributed by atoms with Crippen LogP contribution in [0.3, 0.4) is 0 Å². The summed E-state index contributed by atoms with van der Waals surface area (Å²) in [5.74, 6) is 1.35. The Balaban J connectivity index is 1.29. The monoisotopic (exact) mass is 593 g/mol. The summed E-state index contributed by atoms with van der Waals surface area (Å²) < 4.78 is 13.7. The maximum Gasteiger partial charge on any atom is 0.337 e. The van der Waals surface area contributed by atoms with Crippen LogP contribution in [0.4, 0.5) is 5.69 Å². The van der Waals surface area contributed by atoms with Crippen molar-refractivity contribution in [1.29, 1.82) is 0 Å². The summed E-state index contributed by atoms with van der Waals surface area (Å²) in [6.07, 6.45) is 5.95. The van der Waals surface area contributed by atoms with Crippen LogP contribution >= 0.6 is 11.6 Å². The fourth-order valence-corrected chi connectivity index (χ4v) is 6.13. The predicted molar refractivity (Wildman–Crippen MR) is 174 cm³/mol. The van der Waals surface area contributed by atoms with Gasteiger partial charge in [0.05, 0.1) is 23.7 Å². The van der Waals surface area contributed by atoms with E-state index in [2.05, 4.69) is 39.8 Å². The molecule has 1 aliphatic rings. The Bertz CT molecular complexity index is 1740. The lowest BCUT2D eigenvalue weighted by molar-refractivity contribution is 0.0601. The van der Waals surface area contributed by atoms with Gasteiger partial charge in [0.15, 0.2) is 0 Å². The molecule has 1 saturated carbocycles. The number of carbonyl (C=O) groups is 1. The van der Waals surface area contributed by atoms with Crippen LogP contribution in [-0.2, 0) is 11.3 Å². The molecular weight excluding hydrogens is 558 g/mol. The standard InChI is InChI=1S/C36H36ClN3O3/c1-39(2)30-16-19-32(24-9-14-28(37)15-10-24)27(21-30)23-43-31-17-11-25(12-18-31)35-38-33-22-26(36(41)42-3)13-20-34(33)40(35)29-7-5-4-6-8-29/h9-22,29H,4-8,23H2,1-3H3. The molecule has 1 heterocycles. The van der Waals surface area contributed by atoms with Crippen molar-refractivity contribution in [2.24, 2.45) is 0 Å². The number of ether oxygens (including phenoxy) is 2. The molecule has 6 nitrogen and oxygen atoms in total. The molecular formula is C36H36ClN3O3. The SMILES string of the molecule is COC(=O)c1ccc2c(c1)nc(-c1ccc(OCc3cc(N(C)C)ccc3-c3ccc(Cl)cc3)cc1)n2C1CCCCC1. The fraction of sp³-hybridized carbons (Fsp3) is 0.278. The minimum absolute atomic E-state index is 0.354. The third kappa shape index (κ3) is 6.11. The smallest absolute Gasteiger partial charge is 0.337 e. The zero-order chi connectivity index (χ0) is 29.9. The van der Waals surface area contributed by atoms with E-state index in [1.807, 2.05) is 68.7 Å². The molecule has 43 heavy (non-hydrogen) atoms. The van der Waals surface area contributed by atoms with Crippen LogP contribution in [0, 0.1) is 0 Å². The van der Waals surface area contributed by atoms with Gasteiger partial charge in [-0.05, 0) is 96.3 Å². The number of carbonyl (C=O) groups excluding carboxylic acids is 1. The lowest BCUT2D eigenvalue weighted by Gasteiger charge is -2.25. The molecule has 5 aromatic rings. The van der Waals surface area contributed by atoms with E-state index in [4.69, 9.17) is 26.1 Å². The highest BCUT2D eigenvalue weighted by molar-refractivity contribution is 6.30. The second-order valence-corrected chi connectivity index (χ2v) is 11.8. The number of hydrogen-bond acceptors (Lipinski definition) is 5. The molecule has 0 amide bonds. The summed E-state index contributed by atoms with van der Waals surface area (Å²) in [5, 5.41) is 0.715. The maximum absolute atomic E-state index is 12.2. The topological polar surface area (TPSA) is 56.6 Å². The van der Waals surface area contributed by atoms with Crippen molar-refractivity contribution in [3.05, 3.63) is 101 Å². The van der Waals surface area contributed by atoms with E-state index in [-0.39, 0.29) is 5.97 Å². The zero-order valence-electron chi connectivity index (χ0n) is 24.8. The summed E-state index contributed by atoms with van der Waals surface area (Å²) in [6.45, 7) is 0.426. The number of methoxy groups -OCH3 is 1. The Morgan fingerprint density at radius 2 is 1.63 bits per heavy atom. The third-order valence-corrected chi connectivity index (χ3v) is 8.57. The maximum atomic E-state index is 12.2. The Morgan fingerprint density at radius 1 is 0.907 bits per heavy atom. The number of nitrogens with zero attached hydrogens (tertiary/aromatic N) is 3. The average molecular weight is 594 g/mol. The predicted octanol–water partition coefficient (Wildman–Crippen LogP) is 8.96. The molecule has 4 aromatic carbocycles. The van der Waals surface area contributed by atoms with Crippen molar-refractivity contribution in [2.75, 3.05) is 26.1 Å². The minimum Gasteiger partial charge on any atom is -0.489 e. The first-order valence-corrected chi connectivity index (χ1v) is 15.2. The van der Waals surface area contributed by atoms with Crippen LogP contribution in [-0.4, -0.2) is 36.7 Å². The number of aromatic nitrogens is 2. The van der Waals surface area contributed by atoms with Crippen molar-refractivity contribution in [3.63, 3.8) is 0 Å². The molecule has 1 fully saturated rings. The van der Waals surface area contributed by atoms with E-state index >= 15 is 0 Å². The van der Waals surface area contributed by atoms with Crippen molar-refractivity contribution in [1.82, 2.24) is 9.55 Å². The van der Waals surface area contributed by atoms with Crippen molar-refractivity contribution in [2.45, 2.75) is 44.8 Å². The first-order valence-electron chi connectivity index (χ1n) is 14.8. The number of halogens is 1. The second-order valence-electron chi connectivity index (χ2n) is 11.3. The summed E-state index contributed by atoms with van der Waals surface area (Å²) in [6, 6.07) is 28.6. The van der Waals surface area contributed by atoms with Gasteiger partial charge in [0.1, 0.15) is 18.2 Å². The molecule has 220 valence electrons. The van der Waals surface area contributed by atoms with Gasteiger partial charge in [0.2, 0.25) is 0 Å². The largest absolute Gasteiger partial charge is 0.489 e. The van der Waals surface area contributed by atoms with Gasteiger partial charge >= 0.3 is 5.97 Å². The zero-order valence-corrected chi connectivity index (χ0v) is 25.6. The molecule has 1 aliphatic carbocycles. The van der Waals surface area contributed by atoms with E-state index < -0.39 is 0 Å². The minimum atomic E-state index is -0.354. The normalized spacial score (nSPS) is 13.7. The Labute approximate surface area is 257 Å². The van der Waals surface area contributed by atoms with Gasteiger partial charge in [-0.2, -0.15) is 0 Å². The summed E-state index contributed by atoms with van der Waals surface area (Å²) in [5.41, 5.74) is 7.80. The number of fused-ring (bicyclic) bond motifs is 1. The summed E-state index contributed by atoms with van der Waals surface area (Å²) in [4.78, 5) is 19.3. The number of esters is 1. The van der Waals surface area contributed by atoms with Gasteiger partial charge < -0.3 is 18.9 Å². The first-order chi connectivity index (χ1) is 20.9. The Hall–Kier alpha value is -4.29. The van der Waals surface area contributed by atoms with E-state index in [1.54, 1.807) is 0 Å². The van der Waals surface area contributed by atoms with E-state index in [9.17, 15) is 4.79 Å². The van der Waals surface area contributed by atoms with E-state index in [0.29, 0.717) is 23.2 Å². The lowest BCUT2D eigenvalue weighted by atomic mass is 9.95. The van der Waals surface area contributed by atoms with Gasteiger partial charge in [-0.1, -0.05) is 49.1 Å². The van der Waals surface area contributed by atoms with Gasteiger partial charge in [-0.3, -0.25) is 0 Å². The quantitative estimate of drug-likeness (QED) is 0.168. The molecule has 0 saturated heterocycles. The van der Waals surface area contributed by atoms with Gasteiger partial charge in [0, 0.05) is 36.4 Å². The van der Waals surface area contributed by atoms with Crippen LogP contribution in [0.15, 0.2) is 84.9 Å². The number of anilines is 1. The molecule has 0 atom stereocenters. The molecule has 0 spiro atoms. The number of benzene rings is 4. The summed E-state index contributed by atoms with van der Waals surface area (Å²) in [7, 11) is 5.48. The molecule has 0 unspecified atom stereocenters. The molecule has 0 bridgehead atoms. The van der Waals surface area contributed by atoms with Crippen molar-refractivity contribution >= 4 is 34.3 Å². The highest BCUT2D eigenvalue weighted by atomic mass is 35.5. The first kappa shape index (κ1) is 28.8. The van der Waals surface area contributed by atoms with Crippen molar-refractivity contribution in [3.8, 4) is 28.3 Å². The van der Waals surface area contributed by atoms with Crippen LogP contribution in [0.2, 0.25) is 5.02 Å². The number of hydrogen-bond donors (Lipinski definition) is 0. The average Bonchev–Trinajstić information content (AvgIpc) is 3.43. The van der Waals surface area contributed by atoms with Gasteiger partial charge in [-0.25, -0.2) is 9.78 Å². The third-order valence-electron chi connectivity index (χ3n) is 8.32. The Morgan fingerprint density at radius 3 is 2.33 bits per heavy atom. The number of imidazole rings is 1. The molecule has 0 aliphatic heterocycles. The highest BCUT2D eigenvalue weighted by Gasteiger charge is 2.23. The number of rotatable bonds is 8. The molecule has 7 heteroatoms. The molecule has 0 radical (unpaired) electrons. The van der Waals surface area contributed by atoms with Crippen LogP contribution in [0.1, 0.15) is 54.1 Å². The van der Waals surface area contributed by atoms with E-state index in [0.717, 1.165) is 63.4 Å². The fourth-order valence-electron chi connectivity index (χ4n) is 6.01. The van der Waals surface area contributed by atoms with Gasteiger partial charge in [0.25, 0.3) is 0 Å². The van der Waals surface area contributed by atoms with Crippen LogP contribution in [0.25, 0.3) is 33.5 Å². The van der Waals surface area contributed by atoms with Gasteiger partial charge in [-0.15, -0.1) is 0 Å². The van der Waals surface area contributed by atoms with Crippen molar-refractivity contribution < 1.29 is 14.3 Å². The molecule has 0 N–H and O–H groups in total. The van der Waals surface area contributed by atoms with E-state index in [1.165, 1.54) is 26.4 Å². The van der Waals surface area contributed by atoms with Crippen LogP contribution in [0.5, 0.6) is 5.75 Å². The summed E-state index contributed by atoms with van der Waals surface area (Å²) >= 11 is 6.15. The molecule has 6 rings (SSSR count). The lowest BCUT2D eigenvalue weighted by Crippen LogP contribution is -2.14. The highest BCUT2D eigenvalue weighted by Crippen LogP contribution is 2.37.